The van der Waals surface area contributed by atoms with Crippen LogP contribution >= 0.6 is 11.3 Å². The Morgan fingerprint density at radius 3 is 2.44 bits per heavy atom. The zero-order valence-electron chi connectivity index (χ0n) is 10.8. The zero-order valence-corrected chi connectivity index (χ0v) is 11.6. The topological polar surface area (TPSA) is 45.2 Å². The second-order valence-corrected chi connectivity index (χ2v) is 6.66. The molecule has 1 aromatic heterocycles. The van der Waals surface area contributed by atoms with Gasteiger partial charge in [-0.1, -0.05) is 20.8 Å². The fraction of sp³-hybridized carbons (Fsp3) is 0.750. The lowest BCUT2D eigenvalue weighted by atomic mass is 9.89. The molecule has 3 nitrogen and oxygen atoms in total. The zero-order chi connectivity index (χ0) is 12.3. The van der Waals surface area contributed by atoms with Gasteiger partial charge in [-0.2, -0.15) is 0 Å². The average Bonchev–Trinajstić information content (AvgIpc) is 2.40. The predicted molar refractivity (Wildman–Crippen MR) is 70.2 cm³/mol. The fourth-order valence-electron chi connectivity index (χ4n) is 1.53. The van der Waals surface area contributed by atoms with Gasteiger partial charge < -0.3 is 10.4 Å². The molecule has 1 heterocycles. The highest BCUT2D eigenvalue weighted by Gasteiger charge is 2.16. The van der Waals surface area contributed by atoms with Crippen molar-refractivity contribution in [2.24, 2.45) is 5.41 Å². The first kappa shape index (κ1) is 13.5. The molecule has 0 saturated heterocycles. The van der Waals surface area contributed by atoms with E-state index in [9.17, 15) is 5.11 Å². The maximum absolute atomic E-state index is 9.84. The van der Waals surface area contributed by atoms with Gasteiger partial charge in [-0.15, -0.1) is 11.3 Å². The van der Waals surface area contributed by atoms with Gasteiger partial charge in [0.2, 0.25) is 0 Å². The maximum atomic E-state index is 9.84. The second-order valence-electron chi connectivity index (χ2n) is 5.46. The van der Waals surface area contributed by atoms with Crippen molar-refractivity contribution < 1.29 is 5.11 Å². The van der Waals surface area contributed by atoms with E-state index in [1.165, 1.54) is 4.88 Å². The molecule has 0 aromatic carbocycles. The highest BCUT2D eigenvalue weighted by Crippen LogP contribution is 2.23. The van der Waals surface area contributed by atoms with Crippen molar-refractivity contribution in [1.29, 1.82) is 0 Å². The van der Waals surface area contributed by atoms with E-state index < -0.39 is 0 Å². The third kappa shape index (κ3) is 4.49. The van der Waals surface area contributed by atoms with Crippen LogP contribution in [0.25, 0.3) is 0 Å². The monoisotopic (exact) mass is 242 g/mol. The molecule has 0 fully saturated rings. The van der Waals surface area contributed by atoms with E-state index in [-0.39, 0.29) is 11.5 Å². The molecule has 0 aliphatic heterocycles. The third-order valence-corrected chi connectivity index (χ3v) is 3.40. The Balaban J connectivity index is 2.40. The summed E-state index contributed by atoms with van der Waals surface area (Å²) in [6.45, 7) is 11.0. The van der Waals surface area contributed by atoms with E-state index in [0.29, 0.717) is 6.54 Å². The number of nitrogens with one attached hydrogen (secondary N) is 1. The standard InChI is InChI=1S/C12H22N2OS/c1-8-9(2)16-11(14-8)13-7-10(15)6-12(3,4)5/h10,15H,6-7H2,1-5H3,(H,13,14). The smallest absolute Gasteiger partial charge is 0.183 e. The van der Waals surface area contributed by atoms with Crippen molar-refractivity contribution in [3.63, 3.8) is 0 Å². The minimum absolute atomic E-state index is 0.163. The number of anilines is 1. The first-order valence-corrected chi connectivity index (χ1v) is 6.45. The quantitative estimate of drug-likeness (QED) is 0.853. The summed E-state index contributed by atoms with van der Waals surface area (Å²) in [7, 11) is 0. The Morgan fingerprint density at radius 2 is 2.00 bits per heavy atom. The van der Waals surface area contributed by atoms with Gasteiger partial charge in [0.25, 0.3) is 0 Å². The molecular weight excluding hydrogens is 220 g/mol. The van der Waals surface area contributed by atoms with E-state index in [1.807, 2.05) is 6.92 Å². The van der Waals surface area contributed by atoms with E-state index >= 15 is 0 Å². The SMILES string of the molecule is Cc1nc(NCC(O)CC(C)(C)C)sc1C. The highest BCUT2D eigenvalue weighted by atomic mass is 32.1. The van der Waals surface area contributed by atoms with Gasteiger partial charge in [0.1, 0.15) is 0 Å². The molecule has 1 aromatic rings. The van der Waals surface area contributed by atoms with Gasteiger partial charge in [-0.25, -0.2) is 4.98 Å². The van der Waals surface area contributed by atoms with Gasteiger partial charge in [0.15, 0.2) is 5.13 Å². The van der Waals surface area contributed by atoms with Gasteiger partial charge in [0.05, 0.1) is 11.8 Å². The van der Waals surface area contributed by atoms with Crippen LogP contribution in [-0.4, -0.2) is 22.7 Å². The molecule has 0 amide bonds. The first-order chi connectivity index (χ1) is 7.28. The van der Waals surface area contributed by atoms with Crippen molar-refractivity contribution in [1.82, 2.24) is 4.98 Å². The number of thiazole rings is 1. The van der Waals surface area contributed by atoms with Crippen LogP contribution < -0.4 is 5.32 Å². The maximum Gasteiger partial charge on any atom is 0.183 e. The summed E-state index contributed by atoms with van der Waals surface area (Å²) < 4.78 is 0. The number of aliphatic hydroxyl groups excluding tert-OH is 1. The highest BCUT2D eigenvalue weighted by molar-refractivity contribution is 7.15. The number of aliphatic hydroxyl groups is 1. The van der Waals surface area contributed by atoms with Crippen molar-refractivity contribution in [3.8, 4) is 0 Å². The van der Waals surface area contributed by atoms with Gasteiger partial charge >= 0.3 is 0 Å². The molecule has 2 N–H and O–H groups in total. The van der Waals surface area contributed by atoms with Crippen LogP contribution in [0.15, 0.2) is 0 Å². The Morgan fingerprint density at radius 1 is 1.38 bits per heavy atom. The number of nitrogens with zero attached hydrogens (tertiary/aromatic N) is 1. The van der Waals surface area contributed by atoms with E-state index in [1.54, 1.807) is 11.3 Å². The Hall–Kier alpha value is -0.610. The number of hydrogen-bond acceptors (Lipinski definition) is 4. The van der Waals surface area contributed by atoms with Crippen LogP contribution in [0.3, 0.4) is 0 Å². The summed E-state index contributed by atoms with van der Waals surface area (Å²) in [4.78, 5) is 5.60. The number of hydrogen-bond donors (Lipinski definition) is 2. The molecule has 0 aliphatic rings. The minimum Gasteiger partial charge on any atom is -0.391 e. The van der Waals surface area contributed by atoms with Crippen LogP contribution in [-0.2, 0) is 0 Å². The van der Waals surface area contributed by atoms with Crippen molar-refractivity contribution in [2.75, 3.05) is 11.9 Å². The fourth-order valence-corrected chi connectivity index (χ4v) is 2.35. The average molecular weight is 242 g/mol. The molecule has 16 heavy (non-hydrogen) atoms. The molecular formula is C12H22N2OS. The molecule has 4 heteroatoms. The van der Waals surface area contributed by atoms with Crippen molar-refractivity contribution in [2.45, 2.75) is 47.1 Å². The largest absolute Gasteiger partial charge is 0.391 e. The third-order valence-electron chi connectivity index (χ3n) is 2.37. The van der Waals surface area contributed by atoms with Crippen molar-refractivity contribution >= 4 is 16.5 Å². The van der Waals surface area contributed by atoms with Crippen molar-refractivity contribution in [3.05, 3.63) is 10.6 Å². The second kappa shape index (κ2) is 5.15. The summed E-state index contributed by atoms with van der Waals surface area (Å²) in [6, 6.07) is 0. The molecule has 0 saturated carbocycles. The van der Waals surface area contributed by atoms with Crippen LogP contribution in [0.5, 0.6) is 0 Å². The minimum atomic E-state index is -0.315. The lowest BCUT2D eigenvalue weighted by Crippen LogP contribution is -2.25. The van der Waals surface area contributed by atoms with Gasteiger partial charge in [-0.3, -0.25) is 0 Å². The molecule has 0 bridgehead atoms. The van der Waals surface area contributed by atoms with Gasteiger partial charge in [-0.05, 0) is 25.7 Å². The summed E-state index contributed by atoms with van der Waals surface area (Å²) in [6.07, 6.45) is 0.480. The predicted octanol–water partition coefficient (Wildman–Crippen LogP) is 2.97. The molecule has 1 unspecified atom stereocenters. The summed E-state index contributed by atoms with van der Waals surface area (Å²) >= 11 is 1.64. The van der Waals surface area contributed by atoms with Crippen LogP contribution in [0.4, 0.5) is 5.13 Å². The first-order valence-electron chi connectivity index (χ1n) is 5.64. The van der Waals surface area contributed by atoms with Crippen LogP contribution in [0, 0.1) is 19.3 Å². The Labute approximate surface area is 102 Å². The summed E-state index contributed by atoms with van der Waals surface area (Å²) in [5.74, 6) is 0. The molecule has 0 radical (unpaired) electrons. The number of aromatic nitrogens is 1. The molecule has 0 aliphatic carbocycles. The normalized spacial score (nSPS) is 13.9. The summed E-state index contributed by atoms with van der Waals surface area (Å²) in [5, 5.41) is 13.9. The van der Waals surface area contributed by atoms with Gasteiger partial charge in [0, 0.05) is 11.4 Å². The van der Waals surface area contributed by atoms with E-state index in [2.05, 4.69) is 38.0 Å². The van der Waals surface area contributed by atoms with Crippen LogP contribution in [0.1, 0.15) is 37.8 Å². The number of aryl methyl sites for hydroxylation is 2. The molecule has 0 spiro atoms. The van der Waals surface area contributed by atoms with E-state index in [4.69, 9.17) is 0 Å². The summed E-state index contributed by atoms with van der Waals surface area (Å²) in [5.41, 5.74) is 1.23. The Bertz CT molecular complexity index is 322. The molecule has 1 atom stereocenters. The molecule has 92 valence electrons. The lowest BCUT2D eigenvalue weighted by molar-refractivity contribution is 0.132. The lowest BCUT2D eigenvalue weighted by Gasteiger charge is -2.22. The Kier molecular flexibility index (Phi) is 4.33. The van der Waals surface area contributed by atoms with Crippen LogP contribution in [0.2, 0.25) is 0 Å². The van der Waals surface area contributed by atoms with E-state index in [0.717, 1.165) is 17.2 Å². The number of rotatable bonds is 4. The molecule has 1 rings (SSSR count).